The summed E-state index contributed by atoms with van der Waals surface area (Å²) in [6.45, 7) is 4.07. The number of nitrogen functional groups attached to an aromatic ring is 1. The molecule has 9 heteroatoms. The van der Waals surface area contributed by atoms with Crippen LogP contribution in [0.25, 0.3) is 0 Å². The highest BCUT2D eigenvalue weighted by Crippen LogP contribution is 2.41. The highest BCUT2D eigenvalue weighted by Gasteiger charge is 2.46. The van der Waals surface area contributed by atoms with Crippen LogP contribution in [0.1, 0.15) is 24.0 Å². The van der Waals surface area contributed by atoms with Crippen molar-refractivity contribution in [2.75, 3.05) is 36.7 Å². The lowest BCUT2D eigenvalue weighted by Gasteiger charge is -2.28. The summed E-state index contributed by atoms with van der Waals surface area (Å²) in [5.74, 6) is 1.49. The Bertz CT molecular complexity index is 1260. The zero-order valence-corrected chi connectivity index (χ0v) is 19.7. The van der Waals surface area contributed by atoms with Gasteiger partial charge in [-0.3, -0.25) is 10.2 Å². The Morgan fingerprint density at radius 1 is 1.17 bits per heavy atom. The number of hydrogen-bond donors (Lipinski definition) is 3. The number of para-hydroxylation sites is 1. The quantitative estimate of drug-likeness (QED) is 0.304. The van der Waals surface area contributed by atoms with E-state index < -0.39 is 5.54 Å². The third kappa shape index (κ3) is 4.93. The minimum atomic E-state index is -0.415. The Labute approximate surface area is 204 Å². The largest absolute Gasteiger partial charge is 0.493 e. The Kier molecular flexibility index (Phi) is 6.68. The number of ether oxygens (including phenoxy) is 2. The van der Waals surface area contributed by atoms with Gasteiger partial charge in [-0.1, -0.05) is 24.8 Å². The van der Waals surface area contributed by atoms with Gasteiger partial charge in [-0.2, -0.15) is 0 Å². The number of carbonyl (C=O) groups excluding carboxylic acids is 1. The van der Waals surface area contributed by atoms with E-state index >= 15 is 0 Å². The Hall–Kier alpha value is -4.40. The third-order valence-corrected chi connectivity index (χ3v) is 6.01. The average Bonchev–Trinajstić information content (AvgIpc) is 3.65. The zero-order valence-electron chi connectivity index (χ0n) is 19.7. The second kappa shape index (κ2) is 9.84. The number of aromatic nitrogens is 2. The topological polar surface area (TPSA) is 126 Å². The predicted molar refractivity (Wildman–Crippen MR) is 137 cm³/mol. The molecule has 0 aliphatic heterocycles. The molecule has 0 radical (unpaired) electrons. The Balaban J connectivity index is 1.65. The van der Waals surface area contributed by atoms with Gasteiger partial charge < -0.3 is 25.4 Å². The number of methoxy groups -OCH3 is 2. The molecule has 180 valence electrons. The van der Waals surface area contributed by atoms with Crippen molar-refractivity contribution in [3.63, 3.8) is 0 Å². The van der Waals surface area contributed by atoms with E-state index in [1.807, 2.05) is 30.3 Å². The lowest BCUT2D eigenvalue weighted by Crippen LogP contribution is -2.42. The number of nitrogens with two attached hydrogens (primary N) is 1. The third-order valence-electron chi connectivity index (χ3n) is 6.01. The van der Waals surface area contributed by atoms with E-state index in [1.165, 1.54) is 19.5 Å². The van der Waals surface area contributed by atoms with Crippen molar-refractivity contribution in [1.82, 2.24) is 9.97 Å². The van der Waals surface area contributed by atoms with Crippen LogP contribution in [0, 0.1) is 5.41 Å². The molecule has 0 bridgehead atoms. The summed E-state index contributed by atoms with van der Waals surface area (Å²) < 4.78 is 10.7. The number of hydrogen-bond acceptors (Lipinski definition) is 8. The molecule has 4 N–H and O–H groups in total. The molecule has 2 aromatic carbocycles. The van der Waals surface area contributed by atoms with Crippen LogP contribution in [-0.4, -0.2) is 47.9 Å². The molecule has 0 saturated heterocycles. The minimum absolute atomic E-state index is 0.143. The number of benzene rings is 2. The molecule has 1 saturated carbocycles. The molecular weight excluding hydrogens is 444 g/mol. The first-order valence-corrected chi connectivity index (χ1v) is 11.1. The fourth-order valence-electron chi connectivity index (χ4n) is 3.92. The van der Waals surface area contributed by atoms with Gasteiger partial charge in [-0.15, -0.1) is 0 Å². The molecule has 0 spiro atoms. The molecule has 1 aromatic heterocycles. The maximum atomic E-state index is 12.7. The van der Waals surface area contributed by atoms with Gasteiger partial charge >= 0.3 is 0 Å². The van der Waals surface area contributed by atoms with Crippen LogP contribution in [0.4, 0.5) is 17.3 Å². The Morgan fingerprint density at radius 2 is 1.89 bits per heavy atom. The number of nitrogens with one attached hydrogen (secondary N) is 2. The van der Waals surface area contributed by atoms with Gasteiger partial charge in [-0.05, 0) is 49.2 Å². The van der Waals surface area contributed by atoms with E-state index in [4.69, 9.17) is 20.6 Å². The summed E-state index contributed by atoms with van der Waals surface area (Å²) in [6, 6.07) is 14.7. The first-order valence-electron chi connectivity index (χ1n) is 11.1. The zero-order chi connectivity index (χ0) is 25.0. The molecule has 0 unspecified atom stereocenters. The summed E-state index contributed by atoms with van der Waals surface area (Å²) in [6.07, 6.45) is 4.33. The molecule has 1 heterocycles. The highest BCUT2D eigenvalue weighted by molar-refractivity contribution is 6.16. The fraction of sp³-hybridized carbons (Fsp3) is 0.231. The molecule has 4 rings (SSSR count). The van der Waals surface area contributed by atoms with Gasteiger partial charge in [0.1, 0.15) is 18.0 Å². The van der Waals surface area contributed by atoms with Crippen LogP contribution in [0.2, 0.25) is 0 Å². The number of amides is 1. The van der Waals surface area contributed by atoms with E-state index in [0.717, 1.165) is 18.5 Å². The van der Waals surface area contributed by atoms with E-state index in [9.17, 15) is 4.79 Å². The van der Waals surface area contributed by atoms with Crippen LogP contribution in [-0.2, 0) is 4.79 Å². The highest BCUT2D eigenvalue weighted by atomic mass is 16.5. The standard InChI is InChI=1S/C26H28N6O3/c1-4-21(33)32(18-8-6-5-7-9-18)15-26(12-13-26)31-25-22(24(28)29-16-30-25)23(27)17-10-11-19(34-2)20(14-17)35-3/h4-11,14,16,27H,1,12-13,15H2,2-3H3,(H3,28,29,30,31). The summed E-state index contributed by atoms with van der Waals surface area (Å²) in [7, 11) is 3.09. The van der Waals surface area contributed by atoms with E-state index in [-0.39, 0.29) is 17.4 Å². The maximum Gasteiger partial charge on any atom is 0.250 e. The van der Waals surface area contributed by atoms with Crippen molar-refractivity contribution in [2.24, 2.45) is 0 Å². The van der Waals surface area contributed by atoms with Crippen LogP contribution >= 0.6 is 0 Å². The molecule has 1 aliphatic carbocycles. The van der Waals surface area contributed by atoms with Crippen LogP contribution in [0.3, 0.4) is 0 Å². The monoisotopic (exact) mass is 472 g/mol. The van der Waals surface area contributed by atoms with Gasteiger partial charge in [0, 0.05) is 17.8 Å². The Morgan fingerprint density at radius 3 is 2.51 bits per heavy atom. The summed E-state index contributed by atoms with van der Waals surface area (Å²) in [5.41, 5.74) is 7.69. The van der Waals surface area contributed by atoms with E-state index in [0.29, 0.717) is 35.0 Å². The van der Waals surface area contributed by atoms with Crippen molar-refractivity contribution in [3.8, 4) is 11.5 Å². The lowest BCUT2D eigenvalue weighted by molar-refractivity contribution is -0.114. The molecule has 1 amide bonds. The first-order chi connectivity index (χ1) is 16.9. The molecule has 3 aromatic rings. The van der Waals surface area contributed by atoms with Crippen LogP contribution < -0.4 is 25.4 Å². The first kappa shape index (κ1) is 23.7. The van der Waals surface area contributed by atoms with Crippen molar-refractivity contribution in [1.29, 1.82) is 5.41 Å². The van der Waals surface area contributed by atoms with Gasteiger partial charge in [0.2, 0.25) is 5.91 Å². The fourth-order valence-corrected chi connectivity index (χ4v) is 3.92. The van der Waals surface area contributed by atoms with Crippen molar-refractivity contribution >= 4 is 28.9 Å². The van der Waals surface area contributed by atoms with Crippen molar-refractivity contribution in [3.05, 3.63) is 78.6 Å². The lowest BCUT2D eigenvalue weighted by atomic mass is 10.0. The van der Waals surface area contributed by atoms with Gasteiger partial charge in [0.15, 0.2) is 11.5 Å². The SMILES string of the molecule is C=CC(=O)N(CC1(Nc2ncnc(N)c2C(=N)c2ccc(OC)c(OC)c2)CC1)c1ccccc1. The second-order valence-corrected chi connectivity index (χ2v) is 8.30. The summed E-state index contributed by atoms with van der Waals surface area (Å²) >= 11 is 0. The minimum Gasteiger partial charge on any atom is -0.493 e. The molecule has 1 fully saturated rings. The van der Waals surface area contributed by atoms with Crippen molar-refractivity contribution in [2.45, 2.75) is 18.4 Å². The van der Waals surface area contributed by atoms with Gasteiger partial charge in [-0.25, -0.2) is 9.97 Å². The number of carbonyl (C=O) groups is 1. The summed E-state index contributed by atoms with van der Waals surface area (Å²) in [5, 5.41) is 12.3. The molecular formula is C26H28N6O3. The normalized spacial score (nSPS) is 13.4. The predicted octanol–water partition coefficient (Wildman–Crippen LogP) is 3.66. The van der Waals surface area contributed by atoms with E-state index in [2.05, 4.69) is 21.9 Å². The van der Waals surface area contributed by atoms with Crippen LogP contribution in [0.15, 0.2) is 67.5 Å². The van der Waals surface area contributed by atoms with Crippen molar-refractivity contribution < 1.29 is 14.3 Å². The average molecular weight is 473 g/mol. The van der Waals surface area contributed by atoms with Gasteiger partial charge in [0.05, 0.1) is 31.0 Å². The molecule has 1 aliphatic rings. The second-order valence-electron chi connectivity index (χ2n) is 8.30. The number of rotatable bonds is 10. The molecule has 0 atom stereocenters. The maximum absolute atomic E-state index is 12.7. The van der Waals surface area contributed by atoms with Gasteiger partial charge in [0.25, 0.3) is 0 Å². The van der Waals surface area contributed by atoms with Crippen LogP contribution in [0.5, 0.6) is 11.5 Å². The summed E-state index contributed by atoms with van der Waals surface area (Å²) in [4.78, 5) is 22.9. The number of anilines is 3. The van der Waals surface area contributed by atoms with E-state index in [1.54, 1.807) is 30.2 Å². The number of nitrogens with zero attached hydrogens (tertiary/aromatic N) is 3. The molecule has 9 nitrogen and oxygen atoms in total. The smallest absolute Gasteiger partial charge is 0.250 e. The molecule has 35 heavy (non-hydrogen) atoms.